The molecule has 0 bridgehead atoms. The number of carbonyl (C=O) groups excluding carboxylic acids is 2. The van der Waals surface area contributed by atoms with E-state index < -0.39 is 5.91 Å². The standard InChI is InChI=1S/C17H19BrN2O3/c18-14-9-10(5-6-13(14)16(19)22)20-15-4-2-1-3-11(15)12(7-8-21)17(20)23/h5-6,9,15,21H,1-4,7-8H2,(H2,19,22). The molecule has 2 aliphatic rings. The van der Waals surface area contributed by atoms with E-state index in [-0.39, 0.29) is 18.6 Å². The van der Waals surface area contributed by atoms with Crippen LogP contribution in [0.4, 0.5) is 5.69 Å². The molecule has 3 rings (SSSR count). The maximum absolute atomic E-state index is 12.8. The molecule has 0 aromatic heterocycles. The van der Waals surface area contributed by atoms with Crippen LogP contribution < -0.4 is 10.6 Å². The van der Waals surface area contributed by atoms with Crippen molar-refractivity contribution in [1.82, 2.24) is 0 Å². The summed E-state index contributed by atoms with van der Waals surface area (Å²) in [6.45, 7) is -0.0184. The third-order valence-corrected chi connectivity index (χ3v) is 5.27. The lowest BCUT2D eigenvalue weighted by atomic mass is 9.88. The minimum atomic E-state index is -0.506. The number of rotatable bonds is 4. The van der Waals surface area contributed by atoms with Crippen molar-refractivity contribution >= 4 is 33.4 Å². The van der Waals surface area contributed by atoms with Gasteiger partial charge >= 0.3 is 0 Å². The molecule has 0 spiro atoms. The number of hydrogen-bond donors (Lipinski definition) is 2. The zero-order valence-corrected chi connectivity index (χ0v) is 14.3. The number of nitrogens with zero attached hydrogens (tertiary/aromatic N) is 1. The highest BCUT2D eigenvalue weighted by Crippen LogP contribution is 2.41. The number of halogens is 1. The molecule has 6 heteroatoms. The monoisotopic (exact) mass is 378 g/mol. The predicted octanol–water partition coefficient (Wildman–Crippen LogP) is 2.52. The number of aliphatic hydroxyl groups excluding tert-OH is 1. The molecule has 122 valence electrons. The Labute approximate surface area is 143 Å². The van der Waals surface area contributed by atoms with Crippen molar-refractivity contribution in [3.05, 3.63) is 39.4 Å². The SMILES string of the molecule is NC(=O)c1ccc(N2C(=O)C(CCO)=C3CCCCC32)cc1Br. The van der Waals surface area contributed by atoms with Gasteiger partial charge in [-0.15, -0.1) is 0 Å². The molecule has 2 amide bonds. The number of carbonyl (C=O) groups is 2. The number of fused-ring (bicyclic) bond motifs is 1. The predicted molar refractivity (Wildman–Crippen MR) is 91.1 cm³/mol. The number of amides is 2. The van der Waals surface area contributed by atoms with E-state index in [9.17, 15) is 14.7 Å². The quantitative estimate of drug-likeness (QED) is 0.843. The molecule has 3 N–H and O–H groups in total. The first-order valence-corrected chi connectivity index (χ1v) is 8.59. The van der Waals surface area contributed by atoms with Crippen LogP contribution in [0.3, 0.4) is 0 Å². The van der Waals surface area contributed by atoms with Gasteiger partial charge in [0, 0.05) is 28.8 Å². The van der Waals surface area contributed by atoms with Crippen LogP contribution in [0.25, 0.3) is 0 Å². The Morgan fingerprint density at radius 3 is 2.83 bits per heavy atom. The van der Waals surface area contributed by atoms with Gasteiger partial charge in [0.25, 0.3) is 5.91 Å². The summed E-state index contributed by atoms with van der Waals surface area (Å²) in [7, 11) is 0. The average molecular weight is 379 g/mol. The zero-order chi connectivity index (χ0) is 16.6. The van der Waals surface area contributed by atoms with Crippen molar-refractivity contribution in [3.8, 4) is 0 Å². The average Bonchev–Trinajstić information content (AvgIpc) is 2.80. The minimum absolute atomic E-state index is 0.0184. The van der Waals surface area contributed by atoms with Gasteiger partial charge in [0.05, 0.1) is 11.6 Å². The maximum atomic E-state index is 12.8. The van der Waals surface area contributed by atoms with Crippen molar-refractivity contribution in [1.29, 1.82) is 0 Å². The van der Waals surface area contributed by atoms with Crippen LogP contribution in [-0.4, -0.2) is 29.6 Å². The summed E-state index contributed by atoms with van der Waals surface area (Å²) in [6, 6.07) is 5.24. The number of hydrogen-bond acceptors (Lipinski definition) is 3. The third kappa shape index (κ3) is 2.81. The Balaban J connectivity index is 1.99. The van der Waals surface area contributed by atoms with Gasteiger partial charge in [0.2, 0.25) is 5.91 Å². The highest BCUT2D eigenvalue weighted by Gasteiger charge is 2.40. The Kier molecular flexibility index (Phi) is 4.55. The summed E-state index contributed by atoms with van der Waals surface area (Å²) < 4.78 is 0.586. The Hall–Kier alpha value is -1.66. The molecule has 1 heterocycles. The van der Waals surface area contributed by atoms with E-state index in [0.717, 1.165) is 36.9 Å². The normalized spacial score (nSPS) is 20.9. The number of primary amides is 1. The molecule has 5 nitrogen and oxygen atoms in total. The highest BCUT2D eigenvalue weighted by atomic mass is 79.9. The van der Waals surface area contributed by atoms with Crippen LogP contribution in [0.2, 0.25) is 0 Å². The molecular weight excluding hydrogens is 360 g/mol. The largest absolute Gasteiger partial charge is 0.396 e. The minimum Gasteiger partial charge on any atom is -0.396 e. The van der Waals surface area contributed by atoms with E-state index in [4.69, 9.17) is 5.73 Å². The molecular formula is C17H19BrN2O3. The molecule has 1 aliphatic heterocycles. The summed E-state index contributed by atoms with van der Waals surface area (Å²) >= 11 is 3.36. The van der Waals surface area contributed by atoms with Crippen LogP contribution in [0.5, 0.6) is 0 Å². The first-order chi connectivity index (χ1) is 11.0. The molecule has 1 aliphatic carbocycles. The van der Waals surface area contributed by atoms with Crippen molar-refractivity contribution < 1.29 is 14.7 Å². The molecule has 23 heavy (non-hydrogen) atoms. The summed E-state index contributed by atoms with van der Waals surface area (Å²) in [6.07, 6.45) is 4.44. The van der Waals surface area contributed by atoms with Crippen LogP contribution in [0.1, 0.15) is 42.5 Å². The smallest absolute Gasteiger partial charge is 0.254 e. The highest BCUT2D eigenvalue weighted by molar-refractivity contribution is 9.10. The van der Waals surface area contributed by atoms with E-state index in [1.165, 1.54) is 5.57 Å². The molecule has 0 radical (unpaired) electrons. The summed E-state index contributed by atoms with van der Waals surface area (Å²) in [4.78, 5) is 26.0. The fourth-order valence-electron chi connectivity index (χ4n) is 3.59. The zero-order valence-electron chi connectivity index (χ0n) is 12.7. The number of benzene rings is 1. The Bertz CT molecular complexity index is 699. The second-order valence-electron chi connectivity index (χ2n) is 5.94. The van der Waals surface area contributed by atoms with Crippen LogP contribution >= 0.6 is 15.9 Å². The first-order valence-electron chi connectivity index (χ1n) is 7.80. The fraction of sp³-hybridized carbons (Fsp3) is 0.412. The van der Waals surface area contributed by atoms with E-state index in [2.05, 4.69) is 15.9 Å². The van der Waals surface area contributed by atoms with Crippen molar-refractivity contribution in [3.63, 3.8) is 0 Å². The third-order valence-electron chi connectivity index (χ3n) is 4.61. The van der Waals surface area contributed by atoms with E-state index in [0.29, 0.717) is 16.5 Å². The van der Waals surface area contributed by atoms with Gasteiger partial charge in [-0.05, 0) is 59.0 Å². The molecule has 1 atom stereocenters. The van der Waals surface area contributed by atoms with Crippen molar-refractivity contribution in [2.24, 2.45) is 5.73 Å². The van der Waals surface area contributed by atoms with E-state index >= 15 is 0 Å². The molecule has 1 aromatic carbocycles. The molecule has 1 fully saturated rings. The second-order valence-corrected chi connectivity index (χ2v) is 6.80. The summed E-state index contributed by atoms with van der Waals surface area (Å²) in [5.41, 5.74) is 8.41. The molecule has 0 saturated heterocycles. The lowest BCUT2D eigenvalue weighted by molar-refractivity contribution is -0.115. The van der Waals surface area contributed by atoms with Gasteiger partial charge in [-0.25, -0.2) is 0 Å². The molecule has 1 aromatic rings. The number of aliphatic hydroxyl groups is 1. The lowest BCUT2D eigenvalue weighted by Gasteiger charge is -2.30. The first kappa shape index (κ1) is 16.2. The Morgan fingerprint density at radius 1 is 1.39 bits per heavy atom. The van der Waals surface area contributed by atoms with Gasteiger partial charge in [0.1, 0.15) is 0 Å². The van der Waals surface area contributed by atoms with Crippen LogP contribution in [0.15, 0.2) is 33.8 Å². The van der Waals surface area contributed by atoms with Gasteiger partial charge < -0.3 is 15.7 Å². The van der Waals surface area contributed by atoms with E-state index in [1.807, 2.05) is 0 Å². The fourth-order valence-corrected chi connectivity index (χ4v) is 4.15. The number of nitrogens with two attached hydrogens (primary N) is 1. The van der Waals surface area contributed by atoms with E-state index in [1.54, 1.807) is 23.1 Å². The van der Waals surface area contributed by atoms with Crippen LogP contribution in [-0.2, 0) is 4.79 Å². The van der Waals surface area contributed by atoms with Crippen LogP contribution in [0, 0.1) is 0 Å². The Morgan fingerprint density at radius 2 is 2.17 bits per heavy atom. The van der Waals surface area contributed by atoms with Gasteiger partial charge in [-0.2, -0.15) is 0 Å². The summed E-state index contributed by atoms with van der Waals surface area (Å²) in [5.74, 6) is -0.534. The lowest BCUT2D eigenvalue weighted by Crippen LogP contribution is -2.37. The van der Waals surface area contributed by atoms with Crippen molar-refractivity contribution in [2.75, 3.05) is 11.5 Å². The molecule has 1 unspecified atom stereocenters. The van der Waals surface area contributed by atoms with Gasteiger partial charge in [0.15, 0.2) is 0 Å². The molecule has 1 saturated carbocycles. The summed E-state index contributed by atoms with van der Waals surface area (Å²) in [5, 5.41) is 9.27. The number of anilines is 1. The maximum Gasteiger partial charge on any atom is 0.254 e. The topological polar surface area (TPSA) is 83.6 Å². The van der Waals surface area contributed by atoms with Gasteiger partial charge in [-0.3, -0.25) is 9.59 Å². The van der Waals surface area contributed by atoms with Crippen molar-refractivity contribution in [2.45, 2.75) is 38.1 Å². The van der Waals surface area contributed by atoms with Gasteiger partial charge in [-0.1, -0.05) is 6.42 Å². The second kappa shape index (κ2) is 6.45.